The van der Waals surface area contributed by atoms with Gasteiger partial charge in [0.2, 0.25) is 10.0 Å². The minimum Gasteiger partial charge on any atom is -0.403 e. The van der Waals surface area contributed by atoms with Gasteiger partial charge >= 0.3 is 7.82 Å². The van der Waals surface area contributed by atoms with Crippen LogP contribution in [0.25, 0.3) is 0 Å². The van der Waals surface area contributed by atoms with E-state index in [0.717, 1.165) is 12.1 Å². The average molecular weight is 268 g/mol. The molecule has 90 valence electrons. The number of nitrogen functional groups attached to an aromatic ring is 1. The van der Waals surface area contributed by atoms with Gasteiger partial charge < -0.3 is 10.3 Å². The van der Waals surface area contributed by atoms with Gasteiger partial charge in [0.05, 0.1) is 0 Å². The molecule has 1 rings (SSSR count). The Morgan fingerprint density at radius 3 is 2.31 bits per heavy atom. The highest BCUT2D eigenvalue weighted by Gasteiger charge is 2.23. The Morgan fingerprint density at radius 2 is 1.88 bits per heavy atom. The van der Waals surface area contributed by atoms with Crippen LogP contribution in [0, 0.1) is 0 Å². The number of anilines is 1. The fourth-order valence-corrected chi connectivity index (χ4v) is 2.07. The van der Waals surface area contributed by atoms with Gasteiger partial charge in [-0.25, -0.2) is 18.1 Å². The van der Waals surface area contributed by atoms with Crippen molar-refractivity contribution >= 4 is 23.5 Å². The normalized spacial score (nSPS) is 12.4. The zero-order valence-electron chi connectivity index (χ0n) is 7.77. The fourth-order valence-electron chi connectivity index (χ4n) is 0.959. The molecule has 16 heavy (non-hydrogen) atoms. The summed E-state index contributed by atoms with van der Waals surface area (Å²) in [6.07, 6.45) is 0. The maximum absolute atomic E-state index is 11.1. The molecule has 0 atom stereocenters. The number of phosphoric acid groups is 1. The molecule has 0 unspecified atom stereocenters. The highest BCUT2D eigenvalue weighted by Crippen LogP contribution is 2.40. The van der Waals surface area contributed by atoms with Crippen LogP contribution in [0.4, 0.5) is 5.69 Å². The van der Waals surface area contributed by atoms with Crippen LogP contribution in [0.15, 0.2) is 23.1 Å². The number of sulfonamides is 1. The lowest BCUT2D eigenvalue weighted by Gasteiger charge is -2.10. The summed E-state index contributed by atoms with van der Waals surface area (Å²) in [7, 11) is -9.03. The van der Waals surface area contributed by atoms with Gasteiger partial charge in [-0.2, -0.15) is 0 Å². The van der Waals surface area contributed by atoms with Crippen LogP contribution in [0.1, 0.15) is 0 Å². The zero-order valence-corrected chi connectivity index (χ0v) is 9.48. The topological polar surface area (TPSA) is 153 Å². The first-order valence-electron chi connectivity index (χ1n) is 3.77. The van der Waals surface area contributed by atoms with Gasteiger partial charge in [0.1, 0.15) is 4.90 Å². The van der Waals surface area contributed by atoms with Crippen LogP contribution >= 0.6 is 7.82 Å². The molecule has 0 amide bonds. The Bertz CT molecular complexity index is 550. The summed E-state index contributed by atoms with van der Waals surface area (Å²) >= 11 is 0. The molecule has 1 aromatic carbocycles. The lowest BCUT2D eigenvalue weighted by molar-refractivity contribution is 0.281. The summed E-state index contributed by atoms with van der Waals surface area (Å²) in [6, 6.07) is 3.17. The third kappa shape index (κ3) is 3.47. The van der Waals surface area contributed by atoms with Gasteiger partial charge in [-0.15, -0.1) is 0 Å². The van der Waals surface area contributed by atoms with Crippen molar-refractivity contribution in [2.75, 3.05) is 5.73 Å². The van der Waals surface area contributed by atoms with Crippen molar-refractivity contribution < 1.29 is 27.3 Å². The van der Waals surface area contributed by atoms with Crippen molar-refractivity contribution in [2.45, 2.75) is 4.90 Å². The van der Waals surface area contributed by atoms with Crippen molar-refractivity contribution in [3.63, 3.8) is 0 Å². The van der Waals surface area contributed by atoms with Gasteiger partial charge in [0, 0.05) is 11.8 Å². The highest BCUT2D eigenvalue weighted by molar-refractivity contribution is 7.89. The Kier molecular flexibility index (Phi) is 3.27. The Hall–Kier alpha value is -1.12. The van der Waals surface area contributed by atoms with Crippen LogP contribution in [-0.4, -0.2) is 18.2 Å². The lowest BCUT2D eigenvalue weighted by Crippen LogP contribution is -2.13. The van der Waals surface area contributed by atoms with Crippen LogP contribution in [-0.2, 0) is 14.6 Å². The van der Waals surface area contributed by atoms with E-state index in [1.165, 1.54) is 6.07 Å². The average Bonchev–Trinajstić information content (AvgIpc) is 1.97. The molecule has 0 spiro atoms. The van der Waals surface area contributed by atoms with Crippen LogP contribution in [0.5, 0.6) is 5.75 Å². The predicted molar refractivity (Wildman–Crippen MR) is 54.9 cm³/mol. The van der Waals surface area contributed by atoms with E-state index in [0.29, 0.717) is 0 Å². The summed E-state index contributed by atoms with van der Waals surface area (Å²) in [5.41, 5.74) is 5.40. The SMILES string of the molecule is Nc1ccc(S(N)(=O)=O)c(OP(=O)(O)O)c1. The lowest BCUT2D eigenvalue weighted by atomic mass is 10.3. The third-order valence-electron chi connectivity index (χ3n) is 1.49. The van der Waals surface area contributed by atoms with Crippen LogP contribution < -0.4 is 15.4 Å². The van der Waals surface area contributed by atoms with Crippen molar-refractivity contribution in [1.82, 2.24) is 0 Å². The van der Waals surface area contributed by atoms with E-state index in [1.807, 2.05) is 0 Å². The molecule has 0 radical (unpaired) electrons. The largest absolute Gasteiger partial charge is 0.524 e. The fraction of sp³-hybridized carbons (Fsp3) is 0. The molecule has 1 aromatic rings. The second kappa shape index (κ2) is 4.04. The third-order valence-corrected chi connectivity index (χ3v) is 2.88. The van der Waals surface area contributed by atoms with E-state index in [1.54, 1.807) is 0 Å². The number of nitrogens with two attached hydrogens (primary N) is 2. The number of benzene rings is 1. The molecule has 6 N–H and O–H groups in total. The Balaban J connectivity index is 3.36. The van der Waals surface area contributed by atoms with Gasteiger partial charge in [-0.05, 0) is 12.1 Å². The summed E-state index contributed by atoms with van der Waals surface area (Å²) in [6.45, 7) is 0. The first kappa shape index (κ1) is 12.9. The van der Waals surface area contributed by atoms with E-state index in [-0.39, 0.29) is 5.69 Å². The summed E-state index contributed by atoms with van der Waals surface area (Å²) in [4.78, 5) is 16.6. The molecular weight excluding hydrogens is 259 g/mol. The summed E-state index contributed by atoms with van der Waals surface area (Å²) in [5.74, 6) is -0.587. The van der Waals surface area contributed by atoms with E-state index in [4.69, 9.17) is 20.7 Å². The quantitative estimate of drug-likeness (QED) is 0.421. The molecule has 0 saturated heterocycles. The van der Waals surface area contributed by atoms with E-state index in [2.05, 4.69) is 4.52 Å². The minimum atomic E-state index is -4.88. The number of phosphoric ester groups is 1. The predicted octanol–water partition coefficient (Wildman–Crippen LogP) is -0.612. The zero-order chi connectivity index (χ0) is 12.6. The molecule has 0 aliphatic carbocycles. The molecule has 0 aliphatic rings. The molecule has 8 nitrogen and oxygen atoms in total. The minimum absolute atomic E-state index is 0.0795. The molecular formula is C6H9N2O6PS. The molecule has 0 heterocycles. The first-order valence-corrected chi connectivity index (χ1v) is 6.85. The second-order valence-electron chi connectivity index (χ2n) is 2.83. The van der Waals surface area contributed by atoms with Gasteiger partial charge in [-0.1, -0.05) is 0 Å². The van der Waals surface area contributed by atoms with E-state index in [9.17, 15) is 13.0 Å². The van der Waals surface area contributed by atoms with Crippen molar-refractivity contribution in [3.8, 4) is 5.75 Å². The smallest absolute Gasteiger partial charge is 0.403 e. The van der Waals surface area contributed by atoms with Gasteiger partial charge in [0.25, 0.3) is 0 Å². The van der Waals surface area contributed by atoms with Gasteiger partial charge in [0.15, 0.2) is 5.75 Å². The van der Waals surface area contributed by atoms with Crippen molar-refractivity contribution in [3.05, 3.63) is 18.2 Å². The number of rotatable bonds is 3. The Labute approximate surface area is 91.1 Å². The second-order valence-corrected chi connectivity index (χ2v) is 5.53. The standard InChI is InChI=1S/C6H9N2O6PS/c7-4-1-2-6(16(8,12)13)5(3-4)14-15(9,10)11/h1-3H,7H2,(H2,8,12,13)(H2,9,10,11). The summed E-state index contributed by atoms with van der Waals surface area (Å²) in [5, 5.41) is 4.82. The molecule has 0 fully saturated rings. The van der Waals surface area contributed by atoms with E-state index < -0.39 is 28.5 Å². The van der Waals surface area contributed by atoms with Crippen molar-refractivity contribution in [1.29, 1.82) is 0 Å². The maximum Gasteiger partial charge on any atom is 0.524 e. The van der Waals surface area contributed by atoms with Crippen molar-refractivity contribution in [2.24, 2.45) is 5.14 Å². The number of hydrogen-bond acceptors (Lipinski definition) is 5. The molecule has 0 saturated carbocycles. The molecule has 0 aliphatic heterocycles. The molecule has 10 heteroatoms. The number of primary sulfonamides is 1. The maximum atomic E-state index is 11.1. The van der Waals surface area contributed by atoms with Crippen LogP contribution in [0.3, 0.4) is 0 Å². The van der Waals surface area contributed by atoms with Gasteiger partial charge in [-0.3, -0.25) is 9.79 Å². The molecule has 0 bridgehead atoms. The van der Waals surface area contributed by atoms with E-state index >= 15 is 0 Å². The monoisotopic (exact) mass is 268 g/mol. The van der Waals surface area contributed by atoms with Crippen LogP contribution in [0.2, 0.25) is 0 Å². The number of hydrogen-bond donors (Lipinski definition) is 4. The molecule has 0 aromatic heterocycles. The Morgan fingerprint density at radius 1 is 1.31 bits per heavy atom. The summed E-state index contributed by atoms with van der Waals surface area (Å²) < 4.78 is 36.9. The first-order chi connectivity index (χ1) is 7.09. The highest BCUT2D eigenvalue weighted by atomic mass is 32.2.